The van der Waals surface area contributed by atoms with E-state index in [0.29, 0.717) is 17.4 Å². The number of esters is 1. The fourth-order valence-corrected chi connectivity index (χ4v) is 6.74. The monoisotopic (exact) mass is 417 g/mol. The molecule has 2 aromatic carbocycles. The van der Waals surface area contributed by atoms with Gasteiger partial charge in [-0.15, -0.1) is 0 Å². The van der Waals surface area contributed by atoms with Crippen LogP contribution in [-0.2, 0) is 19.7 Å². The lowest BCUT2D eigenvalue weighted by Gasteiger charge is -2.61. The van der Waals surface area contributed by atoms with Gasteiger partial charge in [0.2, 0.25) is 0 Å². The summed E-state index contributed by atoms with van der Waals surface area (Å²) in [5.41, 5.74) is 1.25. The van der Waals surface area contributed by atoms with Crippen LogP contribution < -0.4 is 5.32 Å². The molecule has 4 atom stereocenters. The van der Waals surface area contributed by atoms with Crippen LogP contribution >= 0.6 is 0 Å². The molecule has 5 nitrogen and oxygen atoms in total. The van der Waals surface area contributed by atoms with Crippen LogP contribution in [0.5, 0.6) is 0 Å². The first-order valence-corrected chi connectivity index (χ1v) is 11.1. The molecule has 5 heteroatoms. The highest BCUT2D eigenvalue weighted by atomic mass is 16.5. The second kappa shape index (κ2) is 7.63. The SMILES string of the molecule is O=C(COC(=O)C12C[C@H]3C[C@@H](C1)CC(c1ccccc1)(C3)C2)NC(=O)c1ccccc1. The first kappa shape index (κ1) is 20.0. The Labute approximate surface area is 182 Å². The van der Waals surface area contributed by atoms with E-state index in [2.05, 4.69) is 29.6 Å². The van der Waals surface area contributed by atoms with Crippen LogP contribution in [-0.4, -0.2) is 24.4 Å². The summed E-state index contributed by atoms with van der Waals surface area (Å²) in [6.45, 7) is -0.424. The number of rotatable bonds is 5. The Morgan fingerprint density at radius 1 is 0.871 bits per heavy atom. The second-order valence-electron chi connectivity index (χ2n) is 9.71. The fraction of sp³-hybridized carbons (Fsp3) is 0.423. The van der Waals surface area contributed by atoms with E-state index in [4.69, 9.17) is 4.74 Å². The third kappa shape index (κ3) is 3.67. The molecule has 4 fully saturated rings. The molecule has 31 heavy (non-hydrogen) atoms. The van der Waals surface area contributed by atoms with Gasteiger partial charge < -0.3 is 4.74 Å². The lowest BCUT2D eigenvalue weighted by molar-refractivity contribution is -0.175. The van der Waals surface area contributed by atoms with Gasteiger partial charge in [-0.2, -0.15) is 0 Å². The fourth-order valence-electron chi connectivity index (χ4n) is 6.74. The molecular formula is C26H27NO4. The average Bonchev–Trinajstić information content (AvgIpc) is 2.78. The van der Waals surface area contributed by atoms with Crippen molar-refractivity contribution in [1.29, 1.82) is 0 Å². The summed E-state index contributed by atoms with van der Waals surface area (Å²) >= 11 is 0. The number of ether oxygens (including phenoxy) is 1. The number of imide groups is 1. The summed E-state index contributed by atoms with van der Waals surface area (Å²) in [4.78, 5) is 37.6. The number of nitrogens with one attached hydrogen (secondary N) is 1. The molecule has 4 bridgehead atoms. The molecule has 0 aromatic heterocycles. The van der Waals surface area contributed by atoms with Crippen molar-refractivity contribution in [2.24, 2.45) is 17.3 Å². The highest BCUT2D eigenvalue weighted by molar-refractivity contribution is 6.05. The zero-order chi connectivity index (χ0) is 21.5. The van der Waals surface area contributed by atoms with E-state index in [-0.39, 0.29) is 11.4 Å². The lowest BCUT2D eigenvalue weighted by Crippen LogP contribution is -2.57. The molecule has 4 aliphatic rings. The van der Waals surface area contributed by atoms with Crippen molar-refractivity contribution in [3.63, 3.8) is 0 Å². The maximum atomic E-state index is 13.2. The van der Waals surface area contributed by atoms with Crippen molar-refractivity contribution in [3.05, 3.63) is 71.8 Å². The Balaban J connectivity index is 1.26. The summed E-state index contributed by atoms with van der Waals surface area (Å²) in [6.07, 6.45) is 5.95. The van der Waals surface area contributed by atoms with Crippen molar-refractivity contribution in [2.75, 3.05) is 6.61 Å². The van der Waals surface area contributed by atoms with Crippen molar-refractivity contribution >= 4 is 17.8 Å². The molecule has 2 aromatic rings. The van der Waals surface area contributed by atoms with Crippen LogP contribution in [0.1, 0.15) is 54.4 Å². The molecule has 0 aliphatic heterocycles. The minimum atomic E-state index is -0.593. The summed E-state index contributed by atoms with van der Waals surface area (Å²) in [6, 6.07) is 19.1. The van der Waals surface area contributed by atoms with E-state index in [9.17, 15) is 14.4 Å². The van der Waals surface area contributed by atoms with Crippen LogP contribution in [0, 0.1) is 17.3 Å². The Morgan fingerprint density at radius 2 is 1.48 bits per heavy atom. The van der Waals surface area contributed by atoms with E-state index >= 15 is 0 Å². The van der Waals surface area contributed by atoms with Crippen LogP contribution in [0.3, 0.4) is 0 Å². The number of amides is 2. The third-order valence-corrected chi connectivity index (χ3v) is 7.50. The minimum absolute atomic E-state index is 0.0376. The number of benzene rings is 2. The Morgan fingerprint density at radius 3 is 2.13 bits per heavy atom. The molecule has 2 unspecified atom stereocenters. The van der Waals surface area contributed by atoms with Gasteiger partial charge in [-0.05, 0) is 73.5 Å². The molecule has 4 aliphatic carbocycles. The number of hydrogen-bond acceptors (Lipinski definition) is 4. The van der Waals surface area contributed by atoms with Crippen LogP contribution in [0.4, 0.5) is 0 Å². The summed E-state index contributed by atoms with van der Waals surface area (Å²) < 4.78 is 5.50. The smallest absolute Gasteiger partial charge is 0.312 e. The largest absolute Gasteiger partial charge is 0.455 e. The highest BCUT2D eigenvalue weighted by Crippen LogP contribution is 2.66. The second-order valence-corrected chi connectivity index (χ2v) is 9.71. The van der Waals surface area contributed by atoms with E-state index in [1.54, 1.807) is 30.3 Å². The van der Waals surface area contributed by atoms with Crippen molar-refractivity contribution in [3.8, 4) is 0 Å². The summed E-state index contributed by atoms with van der Waals surface area (Å²) in [5.74, 6) is -0.293. The number of carbonyl (C=O) groups is 3. The first-order chi connectivity index (χ1) is 15.0. The van der Waals surface area contributed by atoms with Gasteiger partial charge in [0, 0.05) is 5.56 Å². The normalized spacial score (nSPS) is 30.6. The first-order valence-electron chi connectivity index (χ1n) is 11.1. The van der Waals surface area contributed by atoms with Crippen molar-refractivity contribution < 1.29 is 19.1 Å². The van der Waals surface area contributed by atoms with Gasteiger partial charge in [0.25, 0.3) is 11.8 Å². The predicted molar refractivity (Wildman–Crippen MR) is 115 cm³/mol. The molecule has 4 saturated carbocycles. The standard InChI is InChI=1S/C26H27NO4/c28-22(27-23(29)20-7-3-1-4-8-20)16-31-24(30)26-14-18-11-19(15-26)13-25(12-18,17-26)21-9-5-2-6-10-21/h1-10,18-19H,11-17H2,(H,27,28,29)/t18-,19+,25?,26?. The van der Waals surface area contributed by atoms with E-state index in [1.165, 1.54) is 12.0 Å². The predicted octanol–water partition coefficient (Wildman–Crippen LogP) is 4.02. The van der Waals surface area contributed by atoms with Gasteiger partial charge in [0.05, 0.1) is 5.41 Å². The summed E-state index contributed by atoms with van der Waals surface area (Å²) in [5, 5.41) is 2.30. The lowest BCUT2D eigenvalue weighted by atomic mass is 9.43. The molecule has 0 spiro atoms. The Hall–Kier alpha value is -2.95. The Bertz CT molecular complexity index is 987. The molecule has 160 valence electrons. The molecule has 0 saturated heterocycles. The molecule has 6 rings (SSSR count). The Kier molecular flexibility index (Phi) is 4.92. The third-order valence-electron chi connectivity index (χ3n) is 7.50. The zero-order valence-electron chi connectivity index (χ0n) is 17.5. The van der Waals surface area contributed by atoms with E-state index < -0.39 is 23.8 Å². The van der Waals surface area contributed by atoms with Crippen LogP contribution in [0.2, 0.25) is 0 Å². The maximum Gasteiger partial charge on any atom is 0.312 e. The van der Waals surface area contributed by atoms with Gasteiger partial charge in [0.15, 0.2) is 6.61 Å². The van der Waals surface area contributed by atoms with E-state index in [1.807, 2.05) is 6.07 Å². The number of carbonyl (C=O) groups excluding carboxylic acids is 3. The topological polar surface area (TPSA) is 72.5 Å². The maximum absolute atomic E-state index is 13.2. The van der Waals surface area contributed by atoms with Gasteiger partial charge in [0.1, 0.15) is 0 Å². The van der Waals surface area contributed by atoms with Crippen LogP contribution in [0.25, 0.3) is 0 Å². The average molecular weight is 418 g/mol. The van der Waals surface area contributed by atoms with Crippen molar-refractivity contribution in [2.45, 2.75) is 43.9 Å². The molecule has 0 heterocycles. The van der Waals surface area contributed by atoms with Gasteiger partial charge in [-0.3, -0.25) is 19.7 Å². The molecule has 0 radical (unpaired) electrons. The highest BCUT2D eigenvalue weighted by Gasteiger charge is 2.61. The number of hydrogen-bond donors (Lipinski definition) is 1. The molecular weight excluding hydrogens is 390 g/mol. The minimum Gasteiger partial charge on any atom is -0.455 e. The van der Waals surface area contributed by atoms with E-state index in [0.717, 1.165) is 32.1 Å². The quantitative estimate of drug-likeness (QED) is 0.746. The van der Waals surface area contributed by atoms with Crippen LogP contribution in [0.15, 0.2) is 60.7 Å². The van der Waals surface area contributed by atoms with Gasteiger partial charge in [-0.1, -0.05) is 48.5 Å². The van der Waals surface area contributed by atoms with Gasteiger partial charge in [-0.25, -0.2) is 0 Å². The zero-order valence-corrected chi connectivity index (χ0v) is 17.5. The summed E-state index contributed by atoms with van der Waals surface area (Å²) in [7, 11) is 0. The molecule has 2 amide bonds. The van der Waals surface area contributed by atoms with Gasteiger partial charge >= 0.3 is 5.97 Å². The molecule has 1 N–H and O–H groups in total. The van der Waals surface area contributed by atoms with Crippen molar-refractivity contribution in [1.82, 2.24) is 5.32 Å².